The van der Waals surface area contributed by atoms with Crippen LogP contribution in [0.2, 0.25) is 0 Å². The summed E-state index contributed by atoms with van der Waals surface area (Å²) in [6.07, 6.45) is -4.53. The maximum atomic E-state index is 14.5. The fourth-order valence-electron chi connectivity index (χ4n) is 8.94. The van der Waals surface area contributed by atoms with Crippen molar-refractivity contribution in [2.45, 2.75) is 191 Å². The van der Waals surface area contributed by atoms with Crippen LogP contribution in [0, 0.1) is 11.8 Å². The van der Waals surface area contributed by atoms with Gasteiger partial charge in [0.05, 0.1) is 12.7 Å². The third kappa shape index (κ3) is 31.3. The molecule has 24 N–H and O–H groups in total. The number of benzene rings is 1. The van der Waals surface area contributed by atoms with Gasteiger partial charge in [0.15, 0.2) is 0 Å². The summed E-state index contributed by atoms with van der Waals surface area (Å²) in [5, 5.41) is 56.2. The lowest BCUT2D eigenvalue weighted by atomic mass is 10.00. The number of halogens is 3. The molecule has 0 aromatic heterocycles. The Labute approximate surface area is 527 Å². The number of hydrogen-bond acceptors (Lipinski definition) is 19. The highest BCUT2D eigenvalue weighted by molar-refractivity contribution is 5.99. The van der Waals surface area contributed by atoms with Crippen LogP contribution in [0.3, 0.4) is 0 Å². The molecule has 1 aromatic carbocycles. The number of alkyl halides is 3. The minimum atomic E-state index is -5.08. The summed E-state index contributed by atoms with van der Waals surface area (Å²) >= 11 is 0. The lowest BCUT2D eigenvalue weighted by Crippen LogP contribution is -2.61. The van der Waals surface area contributed by atoms with Gasteiger partial charge in [0.2, 0.25) is 65.0 Å². The summed E-state index contributed by atoms with van der Waals surface area (Å²) in [5.41, 5.74) is 29.9. The second-order valence-corrected chi connectivity index (χ2v) is 22.4. The molecule has 1 aliphatic rings. The molecule has 12 atom stereocenters. The Balaban J connectivity index is 0.00000556. The molecule has 91 heavy (non-hydrogen) atoms. The van der Waals surface area contributed by atoms with E-state index in [0.717, 1.165) is 19.3 Å². The Morgan fingerprint density at radius 1 is 0.593 bits per heavy atom. The standard InChI is InChI=1S/C55H96N16O13.C2HF3O2/c1-6-32(4)12-10-11-15-44(74)62-35(16-22-56)46(75)70-43(30-72)54(83)66-37(18-24-58)48(77)67-40-21-27-61-55(84)45(33(5)73)71-51(80)39(20-26-60)64-47(76)36(17-23-57)65-52(81)41(28-31(2)3)68-53(82)42(29-34-13-8-7-9-14-34)69-49(78)38(19-25-59)63-50(40)79;3-2(4,5)1(6)7/h7-9,13-14,31-33,35-43,45,72-73H,6,10-12,15-30,56-60H2,1-5H3,(H,61,84)(H,62,74)(H,63,79)(H,64,76)(H,65,81)(H,66,83)(H,67,77)(H,68,82)(H,69,78)(H,70,75)(H,71,80);(H,6,7). The number of aliphatic hydroxyl groups excluding tert-OH is 2. The minimum Gasteiger partial charge on any atom is -0.475 e. The van der Waals surface area contributed by atoms with Gasteiger partial charge in [-0.15, -0.1) is 0 Å². The van der Waals surface area contributed by atoms with E-state index in [1.807, 2.05) is 0 Å². The fourth-order valence-corrected chi connectivity index (χ4v) is 8.94. The van der Waals surface area contributed by atoms with Gasteiger partial charge in [0.1, 0.15) is 60.4 Å². The lowest BCUT2D eigenvalue weighted by molar-refractivity contribution is -0.192. The molecule has 1 heterocycles. The highest BCUT2D eigenvalue weighted by Gasteiger charge is 2.39. The van der Waals surface area contributed by atoms with Gasteiger partial charge in [-0.1, -0.05) is 77.3 Å². The molecule has 0 saturated carbocycles. The van der Waals surface area contributed by atoms with Crippen LogP contribution in [0.5, 0.6) is 0 Å². The van der Waals surface area contributed by atoms with Gasteiger partial charge in [0.25, 0.3) is 0 Å². The lowest BCUT2D eigenvalue weighted by Gasteiger charge is -2.28. The first-order valence-corrected chi connectivity index (χ1v) is 30.3. The first-order chi connectivity index (χ1) is 42.9. The summed E-state index contributed by atoms with van der Waals surface area (Å²) in [6, 6.07) is -6.16. The highest BCUT2D eigenvalue weighted by atomic mass is 19.4. The molecule has 0 bridgehead atoms. The Morgan fingerprint density at radius 2 is 1.04 bits per heavy atom. The predicted molar refractivity (Wildman–Crippen MR) is 325 cm³/mol. The molecule has 34 heteroatoms. The van der Waals surface area contributed by atoms with Crippen LogP contribution in [-0.4, -0.2) is 205 Å². The van der Waals surface area contributed by atoms with E-state index in [4.69, 9.17) is 38.6 Å². The van der Waals surface area contributed by atoms with Crippen molar-refractivity contribution in [3.8, 4) is 0 Å². The van der Waals surface area contributed by atoms with Crippen LogP contribution >= 0.6 is 0 Å². The molecule has 2 rings (SSSR count). The number of nitrogens with one attached hydrogen (secondary N) is 11. The monoisotopic (exact) mass is 1300 g/mol. The molecule has 1 fully saturated rings. The van der Waals surface area contributed by atoms with Crippen LogP contribution < -0.4 is 87.2 Å². The van der Waals surface area contributed by atoms with Gasteiger partial charge in [0, 0.05) is 19.4 Å². The normalized spacial score (nSPS) is 21.8. The van der Waals surface area contributed by atoms with Crippen molar-refractivity contribution in [3.05, 3.63) is 35.9 Å². The number of carboxylic acids is 1. The number of unbranched alkanes of at least 4 members (excludes halogenated alkanes) is 1. The van der Waals surface area contributed by atoms with Crippen molar-refractivity contribution in [3.63, 3.8) is 0 Å². The first-order valence-electron chi connectivity index (χ1n) is 30.3. The largest absolute Gasteiger partial charge is 0.490 e. The molecule has 0 aliphatic carbocycles. The predicted octanol–water partition coefficient (Wildman–Crippen LogP) is -5.00. The molecular formula is C57H97F3N16O15. The SMILES string of the molecule is CCC(C)CCCCC(=O)NC(CCN)C(=O)NC(CO)C(=O)NC(CCN)C(=O)NC1CCNC(=O)C(C(C)O)NC(=O)C(CCN)NC(=O)C(CCN)NC(=O)C(CC(C)C)NC(=O)C(Cc2ccccc2)NC(=O)C(CCN)NC1=O.O=C(O)C(F)(F)F. The molecule has 12 unspecified atom stereocenters. The van der Waals surface area contributed by atoms with Gasteiger partial charge in [-0.2, -0.15) is 13.2 Å². The molecule has 1 aromatic rings. The Kier molecular flexibility index (Phi) is 38.6. The van der Waals surface area contributed by atoms with Crippen LogP contribution in [0.1, 0.15) is 117 Å². The van der Waals surface area contributed by atoms with Crippen molar-refractivity contribution in [2.24, 2.45) is 40.5 Å². The molecule has 31 nitrogen and oxygen atoms in total. The van der Waals surface area contributed by atoms with E-state index in [9.17, 15) is 76.1 Å². The zero-order valence-corrected chi connectivity index (χ0v) is 52.3. The second-order valence-electron chi connectivity index (χ2n) is 22.4. The summed E-state index contributed by atoms with van der Waals surface area (Å²) in [5.74, 6) is -12.2. The smallest absolute Gasteiger partial charge is 0.475 e. The molecule has 1 saturated heterocycles. The minimum absolute atomic E-state index is 0.0117. The number of aliphatic carboxylic acids is 1. The molecule has 0 spiro atoms. The van der Waals surface area contributed by atoms with E-state index < -0.39 is 163 Å². The van der Waals surface area contributed by atoms with Gasteiger partial charge in [-0.3, -0.25) is 52.7 Å². The number of aliphatic hydroxyl groups is 2. The number of nitrogens with two attached hydrogens (primary N) is 5. The van der Waals surface area contributed by atoms with Crippen LogP contribution in [0.4, 0.5) is 13.2 Å². The molecular weight excluding hydrogens is 1210 g/mol. The molecule has 1 aliphatic heterocycles. The third-order valence-electron chi connectivity index (χ3n) is 14.2. The van der Waals surface area contributed by atoms with Crippen molar-refractivity contribution < 1.29 is 86.0 Å². The van der Waals surface area contributed by atoms with Crippen molar-refractivity contribution in [1.82, 2.24) is 58.5 Å². The topological polar surface area (TPSA) is 528 Å². The first kappa shape index (κ1) is 81.4. The highest BCUT2D eigenvalue weighted by Crippen LogP contribution is 2.15. The summed E-state index contributed by atoms with van der Waals surface area (Å²) < 4.78 is 31.7. The number of hydrogen-bond donors (Lipinski definition) is 19. The average molecular weight is 1300 g/mol. The maximum absolute atomic E-state index is 14.5. The zero-order valence-electron chi connectivity index (χ0n) is 52.3. The van der Waals surface area contributed by atoms with E-state index >= 15 is 0 Å². The molecule has 516 valence electrons. The van der Waals surface area contributed by atoms with Gasteiger partial charge in [-0.25, -0.2) is 4.79 Å². The Bertz CT molecular complexity index is 2500. The van der Waals surface area contributed by atoms with Gasteiger partial charge >= 0.3 is 12.1 Å². The van der Waals surface area contributed by atoms with Crippen LogP contribution in [-0.2, 0) is 64.0 Å². The number of amides is 11. The number of carboxylic acid groups (broad SMARTS) is 1. The van der Waals surface area contributed by atoms with Gasteiger partial charge < -0.3 is 102 Å². The summed E-state index contributed by atoms with van der Waals surface area (Å²) in [4.78, 5) is 162. The fraction of sp³-hybridized carbons (Fsp3) is 0.684. The van der Waals surface area contributed by atoms with E-state index in [-0.39, 0.29) is 90.0 Å². The summed E-state index contributed by atoms with van der Waals surface area (Å²) in [7, 11) is 0. The number of carbonyl (C=O) groups is 12. The van der Waals surface area contributed by atoms with E-state index in [1.54, 1.807) is 44.2 Å². The quantitative estimate of drug-likeness (QED) is 0.0334. The Morgan fingerprint density at radius 3 is 1.52 bits per heavy atom. The van der Waals surface area contributed by atoms with E-state index in [0.29, 0.717) is 17.9 Å². The maximum Gasteiger partial charge on any atom is 0.490 e. The Hall–Kier alpha value is -7.63. The van der Waals surface area contributed by atoms with Crippen molar-refractivity contribution >= 4 is 70.9 Å². The number of carbonyl (C=O) groups excluding carboxylic acids is 11. The summed E-state index contributed by atoms with van der Waals surface area (Å²) in [6.45, 7) is 6.85. The van der Waals surface area contributed by atoms with Crippen LogP contribution in [0.25, 0.3) is 0 Å². The van der Waals surface area contributed by atoms with Crippen LogP contribution in [0.15, 0.2) is 30.3 Å². The van der Waals surface area contributed by atoms with E-state index in [1.165, 1.54) is 6.92 Å². The third-order valence-corrected chi connectivity index (χ3v) is 14.2. The van der Waals surface area contributed by atoms with E-state index in [2.05, 4.69) is 72.3 Å². The van der Waals surface area contributed by atoms with Crippen molar-refractivity contribution in [1.29, 1.82) is 0 Å². The number of rotatable bonds is 29. The average Bonchev–Trinajstić information content (AvgIpc) is 1.54. The second kappa shape index (κ2) is 43.2. The molecule has 11 amide bonds. The molecule has 0 radical (unpaired) electrons. The van der Waals surface area contributed by atoms with Gasteiger partial charge in [-0.05, 0) is 108 Å². The van der Waals surface area contributed by atoms with Crippen molar-refractivity contribution in [2.75, 3.05) is 45.9 Å². The zero-order chi connectivity index (χ0) is 69.0.